The lowest BCUT2D eigenvalue weighted by molar-refractivity contribution is 0.200. The van der Waals surface area contributed by atoms with Crippen molar-refractivity contribution in [3.05, 3.63) is 35.1 Å². The molecule has 0 spiro atoms. The van der Waals surface area contributed by atoms with Crippen LogP contribution >= 0.6 is 0 Å². The molecule has 1 aromatic carbocycles. The average Bonchev–Trinajstić information content (AvgIpc) is 2.45. The van der Waals surface area contributed by atoms with Gasteiger partial charge in [-0.05, 0) is 68.2 Å². The number of hydrogen-bond donors (Lipinski definition) is 0. The van der Waals surface area contributed by atoms with Crippen molar-refractivity contribution in [3.8, 4) is 6.07 Å². The van der Waals surface area contributed by atoms with E-state index in [2.05, 4.69) is 13.0 Å². The fourth-order valence-electron chi connectivity index (χ4n) is 3.48. The van der Waals surface area contributed by atoms with Crippen LogP contribution < -0.4 is 0 Å². The predicted molar refractivity (Wildman–Crippen MR) is 79.8 cm³/mol. The van der Waals surface area contributed by atoms with Crippen LogP contribution in [0.5, 0.6) is 0 Å². The van der Waals surface area contributed by atoms with Gasteiger partial charge in [-0.15, -0.1) is 0 Å². The number of rotatable bonds is 4. The van der Waals surface area contributed by atoms with Crippen LogP contribution in [0.2, 0.25) is 0 Å². The van der Waals surface area contributed by atoms with Gasteiger partial charge in [0.2, 0.25) is 0 Å². The molecule has 20 heavy (non-hydrogen) atoms. The molecule has 0 amide bonds. The minimum absolute atomic E-state index is 0.191. The number of halogens is 1. The summed E-state index contributed by atoms with van der Waals surface area (Å²) in [5, 5.41) is 9.64. The normalized spacial score (nSPS) is 26.2. The molecule has 1 aromatic rings. The Kier molecular flexibility index (Phi) is 4.81. The summed E-state index contributed by atoms with van der Waals surface area (Å²) in [6.07, 6.45) is 7.62. The highest BCUT2D eigenvalue weighted by Crippen LogP contribution is 2.42. The molecule has 0 unspecified atom stereocenters. The molecular formula is C18H24FN. The number of aryl methyl sites for hydroxylation is 1. The summed E-state index contributed by atoms with van der Waals surface area (Å²) in [7, 11) is 0. The first-order valence-electron chi connectivity index (χ1n) is 7.75. The van der Waals surface area contributed by atoms with Crippen molar-refractivity contribution in [1.29, 1.82) is 5.26 Å². The van der Waals surface area contributed by atoms with Gasteiger partial charge < -0.3 is 0 Å². The van der Waals surface area contributed by atoms with Gasteiger partial charge >= 0.3 is 0 Å². The topological polar surface area (TPSA) is 23.8 Å². The smallest absolute Gasteiger partial charge is 0.123 e. The van der Waals surface area contributed by atoms with Crippen LogP contribution in [0.25, 0.3) is 0 Å². The van der Waals surface area contributed by atoms with Gasteiger partial charge in [-0.25, -0.2) is 4.39 Å². The first-order chi connectivity index (χ1) is 9.58. The standard InChI is InChI=1S/C18H24FN/c1-3-4-15-7-9-18(13-20,10-8-15)12-16-5-6-17(19)11-14(16)2/h5-6,11,15H,3-4,7-10,12H2,1-2H3. The second kappa shape index (κ2) is 6.39. The molecule has 0 aliphatic heterocycles. The highest BCUT2D eigenvalue weighted by Gasteiger charge is 2.35. The third kappa shape index (κ3) is 3.39. The van der Waals surface area contributed by atoms with E-state index in [9.17, 15) is 9.65 Å². The van der Waals surface area contributed by atoms with Crippen LogP contribution in [0, 0.1) is 35.4 Å². The SMILES string of the molecule is CCCC1CCC(C#N)(Cc2ccc(F)cc2C)CC1. The second-order valence-electron chi connectivity index (χ2n) is 6.37. The van der Waals surface area contributed by atoms with Crippen LogP contribution in [-0.2, 0) is 6.42 Å². The van der Waals surface area contributed by atoms with E-state index in [1.54, 1.807) is 6.07 Å². The van der Waals surface area contributed by atoms with Crippen molar-refractivity contribution < 1.29 is 4.39 Å². The quantitative estimate of drug-likeness (QED) is 0.741. The Bertz CT molecular complexity index is 493. The van der Waals surface area contributed by atoms with E-state index >= 15 is 0 Å². The summed E-state index contributed by atoms with van der Waals surface area (Å²) in [5.74, 6) is 0.611. The molecule has 1 aliphatic rings. The molecule has 0 saturated heterocycles. The summed E-state index contributed by atoms with van der Waals surface area (Å²) in [4.78, 5) is 0. The van der Waals surface area contributed by atoms with E-state index in [1.165, 1.54) is 31.7 Å². The van der Waals surface area contributed by atoms with Crippen LogP contribution in [0.1, 0.15) is 56.6 Å². The van der Waals surface area contributed by atoms with Gasteiger partial charge in [0.15, 0.2) is 0 Å². The Hall–Kier alpha value is -1.36. The van der Waals surface area contributed by atoms with Crippen molar-refractivity contribution in [2.75, 3.05) is 0 Å². The molecule has 1 saturated carbocycles. The summed E-state index contributed by atoms with van der Waals surface area (Å²) < 4.78 is 13.2. The number of nitriles is 1. The van der Waals surface area contributed by atoms with Gasteiger partial charge in [0.1, 0.15) is 5.82 Å². The minimum atomic E-state index is -0.229. The van der Waals surface area contributed by atoms with Gasteiger partial charge in [0.05, 0.1) is 11.5 Å². The predicted octanol–water partition coefficient (Wildman–Crippen LogP) is 5.18. The van der Waals surface area contributed by atoms with Gasteiger partial charge in [0, 0.05) is 0 Å². The van der Waals surface area contributed by atoms with Crippen LogP contribution in [0.4, 0.5) is 4.39 Å². The molecular weight excluding hydrogens is 249 g/mol. The Labute approximate surface area is 121 Å². The molecule has 1 nitrogen and oxygen atoms in total. The van der Waals surface area contributed by atoms with Crippen molar-refractivity contribution in [1.82, 2.24) is 0 Å². The van der Waals surface area contributed by atoms with Crippen molar-refractivity contribution in [3.63, 3.8) is 0 Å². The number of nitrogens with zero attached hydrogens (tertiary/aromatic N) is 1. The molecule has 1 aliphatic carbocycles. The zero-order valence-electron chi connectivity index (χ0n) is 12.6. The van der Waals surface area contributed by atoms with E-state index in [0.717, 1.165) is 36.3 Å². The largest absolute Gasteiger partial charge is 0.207 e. The first kappa shape index (κ1) is 15.0. The fourth-order valence-corrected chi connectivity index (χ4v) is 3.48. The summed E-state index contributed by atoms with van der Waals surface area (Å²) in [6, 6.07) is 7.51. The molecule has 0 atom stereocenters. The molecule has 0 radical (unpaired) electrons. The van der Waals surface area contributed by atoms with Crippen LogP contribution in [-0.4, -0.2) is 0 Å². The highest BCUT2D eigenvalue weighted by molar-refractivity contribution is 5.29. The maximum Gasteiger partial charge on any atom is 0.123 e. The van der Waals surface area contributed by atoms with E-state index in [0.29, 0.717) is 0 Å². The lowest BCUT2D eigenvalue weighted by atomic mass is 9.67. The number of hydrogen-bond acceptors (Lipinski definition) is 1. The zero-order valence-corrected chi connectivity index (χ0v) is 12.6. The second-order valence-corrected chi connectivity index (χ2v) is 6.37. The van der Waals surface area contributed by atoms with Gasteiger partial charge in [-0.3, -0.25) is 0 Å². The molecule has 0 bridgehead atoms. The molecule has 2 heteroatoms. The third-order valence-electron chi connectivity index (χ3n) is 4.83. The van der Waals surface area contributed by atoms with Gasteiger partial charge in [-0.2, -0.15) is 5.26 Å². The van der Waals surface area contributed by atoms with Crippen LogP contribution in [0.15, 0.2) is 18.2 Å². The zero-order chi connectivity index (χ0) is 14.6. The molecule has 108 valence electrons. The van der Waals surface area contributed by atoms with E-state index < -0.39 is 0 Å². The fraction of sp³-hybridized carbons (Fsp3) is 0.611. The first-order valence-corrected chi connectivity index (χ1v) is 7.75. The van der Waals surface area contributed by atoms with Crippen molar-refractivity contribution in [2.45, 2.75) is 58.8 Å². The molecule has 0 N–H and O–H groups in total. The third-order valence-corrected chi connectivity index (χ3v) is 4.83. The van der Waals surface area contributed by atoms with Crippen LogP contribution in [0.3, 0.4) is 0 Å². The average molecular weight is 273 g/mol. The maximum absolute atomic E-state index is 13.2. The number of benzene rings is 1. The monoisotopic (exact) mass is 273 g/mol. The van der Waals surface area contributed by atoms with E-state index in [4.69, 9.17) is 0 Å². The highest BCUT2D eigenvalue weighted by atomic mass is 19.1. The lowest BCUT2D eigenvalue weighted by Crippen LogP contribution is -2.28. The molecule has 0 heterocycles. The Morgan fingerprint density at radius 2 is 2.05 bits per heavy atom. The molecule has 2 rings (SSSR count). The minimum Gasteiger partial charge on any atom is -0.207 e. The summed E-state index contributed by atoms with van der Waals surface area (Å²) in [5.41, 5.74) is 1.87. The molecule has 0 aromatic heterocycles. The Morgan fingerprint density at radius 1 is 1.35 bits per heavy atom. The molecule has 1 fully saturated rings. The van der Waals surface area contributed by atoms with E-state index in [1.807, 2.05) is 13.0 Å². The van der Waals surface area contributed by atoms with Crippen molar-refractivity contribution >= 4 is 0 Å². The Balaban J connectivity index is 2.08. The Morgan fingerprint density at radius 3 is 2.60 bits per heavy atom. The van der Waals surface area contributed by atoms with E-state index in [-0.39, 0.29) is 11.2 Å². The summed E-state index contributed by atoms with van der Waals surface area (Å²) in [6.45, 7) is 4.17. The lowest BCUT2D eigenvalue weighted by Gasteiger charge is -2.35. The van der Waals surface area contributed by atoms with Gasteiger partial charge in [-0.1, -0.05) is 25.8 Å². The van der Waals surface area contributed by atoms with Gasteiger partial charge in [0.25, 0.3) is 0 Å². The van der Waals surface area contributed by atoms with Crippen molar-refractivity contribution in [2.24, 2.45) is 11.3 Å². The summed E-state index contributed by atoms with van der Waals surface area (Å²) >= 11 is 0. The maximum atomic E-state index is 13.2.